The number of rotatable bonds is 4. The van der Waals surface area contributed by atoms with Crippen molar-refractivity contribution in [3.63, 3.8) is 0 Å². The first-order valence-corrected chi connectivity index (χ1v) is 10.8. The summed E-state index contributed by atoms with van der Waals surface area (Å²) in [6, 6.07) is 16.7. The lowest BCUT2D eigenvalue weighted by Crippen LogP contribution is -2.29. The normalized spacial score (nSPS) is 20.1. The molecule has 0 bridgehead atoms. The van der Waals surface area contributed by atoms with Crippen molar-refractivity contribution in [3.05, 3.63) is 70.3 Å². The van der Waals surface area contributed by atoms with Crippen LogP contribution in [-0.2, 0) is 6.42 Å². The van der Waals surface area contributed by atoms with Crippen LogP contribution in [-0.4, -0.2) is 38.1 Å². The average Bonchev–Trinajstić information content (AvgIpc) is 2.69. The van der Waals surface area contributed by atoms with Crippen LogP contribution >= 0.6 is 0 Å². The summed E-state index contributed by atoms with van der Waals surface area (Å²) in [6.07, 6.45) is 6.19. The van der Waals surface area contributed by atoms with Crippen LogP contribution < -0.4 is 5.32 Å². The largest absolute Gasteiger partial charge is 0.317 e. The minimum absolute atomic E-state index is 0.732. The molecular formula is C25H34N2. The Morgan fingerprint density at radius 1 is 0.852 bits per heavy atom. The number of hydrogen-bond donors (Lipinski definition) is 1. The Morgan fingerprint density at radius 2 is 1.56 bits per heavy atom. The van der Waals surface area contributed by atoms with E-state index < -0.39 is 0 Å². The zero-order chi connectivity index (χ0) is 18.6. The van der Waals surface area contributed by atoms with Gasteiger partial charge in [-0.2, -0.15) is 0 Å². The molecule has 144 valence electrons. The van der Waals surface area contributed by atoms with E-state index in [0.29, 0.717) is 0 Å². The zero-order valence-corrected chi connectivity index (χ0v) is 17.0. The Hall–Kier alpha value is -1.64. The van der Waals surface area contributed by atoms with E-state index in [-0.39, 0.29) is 0 Å². The van der Waals surface area contributed by atoms with Crippen molar-refractivity contribution in [1.82, 2.24) is 10.2 Å². The van der Waals surface area contributed by atoms with Gasteiger partial charge in [0.1, 0.15) is 0 Å². The molecule has 1 N–H and O–H groups in total. The quantitative estimate of drug-likeness (QED) is 0.835. The number of likely N-dealkylation sites (tertiary alicyclic amines) is 1. The summed E-state index contributed by atoms with van der Waals surface area (Å²) in [5.41, 5.74) is 7.45. The molecular weight excluding hydrogens is 328 g/mol. The van der Waals surface area contributed by atoms with Gasteiger partial charge in [-0.25, -0.2) is 0 Å². The number of nitrogens with zero attached hydrogens (tertiary/aromatic N) is 1. The van der Waals surface area contributed by atoms with Gasteiger partial charge in [-0.3, -0.25) is 0 Å². The van der Waals surface area contributed by atoms with Gasteiger partial charge in [0, 0.05) is 0 Å². The first-order chi connectivity index (χ1) is 13.2. The maximum Gasteiger partial charge on any atom is -0.00159 e. The van der Waals surface area contributed by atoms with Crippen LogP contribution in [0.4, 0.5) is 0 Å². The molecule has 0 spiro atoms. The van der Waals surface area contributed by atoms with E-state index in [1.54, 1.807) is 11.1 Å². The Labute approximate surface area is 165 Å². The minimum atomic E-state index is 0.732. The fourth-order valence-corrected chi connectivity index (χ4v) is 4.92. The molecule has 0 atom stereocenters. The van der Waals surface area contributed by atoms with E-state index in [1.807, 2.05) is 0 Å². The molecule has 0 radical (unpaired) electrons. The van der Waals surface area contributed by atoms with Crippen molar-refractivity contribution in [2.75, 3.05) is 33.2 Å². The lowest BCUT2D eigenvalue weighted by Gasteiger charge is -2.29. The molecule has 2 fully saturated rings. The molecule has 0 aliphatic carbocycles. The van der Waals surface area contributed by atoms with E-state index in [9.17, 15) is 0 Å². The van der Waals surface area contributed by atoms with E-state index >= 15 is 0 Å². The zero-order valence-electron chi connectivity index (χ0n) is 17.0. The fraction of sp³-hybridized carbons (Fsp3) is 0.520. The Morgan fingerprint density at radius 3 is 2.33 bits per heavy atom. The van der Waals surface area contributed by atoms with Crippen molar-refractivity contribution in [1.29, 1.82) is 0 Å². The van der Waals surface area contributed by atoms with Crippen molar-refractivity contribution in [2.24, 2.45) is 0 Å². The monoisotopic (exact) mass is 362 g/mol. The molecule has 2 aliphatic rings. The number of nitrogens with one attached hydrogen (secondary N) is 1. The van der Waals surface area contributed by atoms with Crippen LogP contribution in [0.25, 0.3) is 0 Å². The van der Waals surface area contributed by atoms with E-state index in [1.165, 1.54) is 55.5 Å². The van der Waals surface area contributed by atoms with Gasteiger partial charge in [-0.1, -0.05) is 48.0 Å². The highest BCUT2D eigenvalue weighted by Crippen LogP contribution is 2.30. The van der Waals surface area contributed by atoms with Gasteiger partial charge in [0.05, 0.1) is 0 Å². The van der Waals surface area contributed by atoms with Crippen molar-refractivity contribution in [3.8, 4) is 0 Å². The standard InChI is InChI=1S/C25H34N2/c1-19-14-21(18-25(15-19)22-6-10-26-11-7-22)16-20-4-3-5-24(17-20)23-8-12-27(2)13-9-23/h3-5,14-15,17-18,22-23,26H,6-13,16H2,1-2H3. The second kappa shape index (κ2) is 8.58. The van der Waals surface area contributed by atoms with Crippen LogP contribution in [0, 0.1) is 6.92 Å². The first-order valence-electron chi connectivity index (χ1n) is 10.8. The Kier molecular flexibility index (Phi) is 5.95. The topological polar surface area (TPSA) is 15.3 Å². The molecule has 2 aromatic carbocycles. The van der Waals surface area contributed by atoms with Gasteiger partial charge in [0.25, 0.3) is 0 Å². The third-order valence-corrected chi connectivity index (χ3v) is 6.52. The van der Waals surface area contributed by atoms with Gasteiger partial charge >= 0.3 is 0 Å². The highest BCUT2D eigenvalue weighted by molar-refractivity contribution is 5.37. The molecule has 2 aromatic rings. The predicted molar refractivity (Wildman–Crippen MR) is 115 cm³/mol. The summed E-state index contributed by atoms with van der Waals surface area (Å²) in [6.45, 7) is 7.03. The molecule has 27 heavy (non-hydrogen) atoms. The highest BCUT2D eigenvalue weighted by atomic mass is 15.1. The predicted octanol–water partition coefficient (Wildman–Crippen LogP) is 4.86. The van der Waals surface area contributed by atoms with Crippen LogP contribution in [0.5, 0.6) is 0 Å². The van der Waals surface area contributed by atoms with E-state index in [4.69, 9.17) is 0 Å². The molecule has 0 unspecified atom stereocenters. The molecule has 2 aliphatic heterocycles. The second-order valence-electron chi connectivity index (χ2n) is 8.78. The van der Waals surface area contributed by atoms with E-state index in [2.05, 4.69) is 66.7 Å². The summed E-state index contributed by atoms with van der Waals surface area (Å²) >= 11 is 0. The summed E-state index contributed by atoms with van der Waals surface area (Å²) in [5, 5.41) is 3.49. The highest BCUT2D eigenvalue weighted by Gasteiger charge is 2.19. The first kappa shape index (κ1) is 18.7. The maximum atomic E-state index is 3.49. The van der Waals surface area contributed by atoms with Crippen LogP contribution in [0.15, 0.2) is 42.5 Å². The summed E-state index contributed by atoms with van der Waals surface area (Å²) < 4.78 is 0. The lowest BCUT2D eigenvalue weighted by molar-refractivity contribution is 0.255. The lowest BCUT2D eigenvalue weighted by atomic mass is 9.86. The molecule has 2 saturated heterocycles. The van der Waals surface area contributed by atoms with Gasteiger partial charge in [-0.15, -0.1) is 0 Å². The van der Waals surface area contributed by atoms with Gasteiger partial charge in [-0.05, 0) is 106 Å². The third-order valence-electron chi connectivity index (χ3n) is 6.52. The molecule has 4 rings (SSSR count). The third kappa shape index (κ3) is 4.80. The molecule has 0 aromatic heterocycles. The summed E-state index contributed by atoms with van der Waals surface area (Å²) in [7, 11) is 2.24. The van der Waals surface area contributed by atoms with Crippen molar-refractivity contribution in [2.45, 2.75) is 50.9 Å². The molecule has 2 heterocycles. The van der Waals surface area contributed by atoms with Crippen molar-refractivity contribution < 1.29 is 0 Å². The van der Waals surface area contributed by atoms with Crippen LogP contribution in [0.2, 0.25) is 0 Å². The van der Waals surface area contributed by atoms with Crippen LogP contribution in [0.3, 0.4) is 0 Å². The minimum Gasteiger partial charge on any atom is -0.317 e. The molecule has 2 heteroatoms. The van der Waals surface area contributed by atoms with Gasteiger partial charge < -0.3 is 10.2 Å². The summed E-state index contributed by atoms with van der Waals surface area (Å²) in [5.74, 6) is 1.47. The summed E-state index contributed by atoms with van der Waals surface area (Å²) in [4.78, 5) is 2.45. The molecule has 2 nitrogen and oxygen atoms in total. The second-order valence-corrected chi connectivity index (χ2v) is 8.78. The molecule has 0 amide bonds. The Balaban J connectivity index is 1.50. The van der Waals surface area contributed by atoms with Crippen molar-refractivity contribution >= 4 is 0 Å². The smallest absolute Gasteiger partial charge is 0.00159 e. The Bertz CT molecular complexity index is 753. The number of benzene rings is 2. The van der Waals surface area contributed by atoms with Gasteiger partial charge in [0.15, 0.2) is 0 Å². The van der Waals surface area contributed by atoms with Crippen LogP contribution in [0.1, 0.15) is 65.3 Å². The van der Waals surface area contributed by atoms with E-state index in [0.717, 1.165) is 31.3 Å². The number of aryl methyl sites for hydroxylation is 1. The SMILES string of the molecule is Cc1cc(Cc2cccc(C3CCN(C)CC3)c2)cc(C2CCNCC2)c1. The number of hydrogen-bond acceptors (Lipinski definition) is 2. The maximum absolute atomic E-state index is 3.49. The molecule has 0 saturated carbocycles. The van der Waals surface area contributed by atoms with Gasteiger partial charge in [0.2, 0.25) is 0 Å². The number of piperidine rings is 2. The fourth-order valence-electron chi connectivity index (χ4n) is 4.92. The average molecular weight is 363 g/mol.